The van der Waals surface area contributed by atoms with Crippen LogP contribution in [0.25, 0.3) is 6.08 Å². The van der Waals surface area contributed by atoms with Crippen molar-refractivity contribution >= 4 is 23.1 Å². The van der Waals surface area contributed by atoms with Gasteiger partial charge in [-0.3, -0.25) is 9.88 Å². The molecule has 1 aliphatic rings. The Hall–Kier alpha value is -2.75. The van der Waals surface area contributed by atoms with Crippen LogP contribution in [0, 0.1) is 0 Å². The summed E-state index contributed by atoms with van der Waals surface area (Å²) in [6, 6.07) is 9.94. The zero-order chi connectivity index (χ0) is 15.0. The van der Waals surface area contributed by atoms with Gasteiger partial charge in [0.2, 0.25) is 0 Å². The molecule has 106 valence electrons. The van der Waals surface area contributed by atoms with Crippen LogP contribution in [0.4, 0.5) is 17.1 Å². The van der Waals surface area contributed by atoms with Crippen LogP contribution >= 0.6 is 0 Å². The maximum atomic E-state index is 5.30. The Morgan fingerprint density at radius 2 is 2.00 bits per heavy atom. The largest absolute Gasteiger partial charge is 0.497 e. The van der Waals surface area contributed by atoms with Crippen LogP contribution in [0.2, 0.25) is 0 Å². The average molecular weight is 279 g/mol. The second-order valence-corrected chi connectivity index (χ2v) is 4.81. The van der Waals surface area contributed by atoms with E-state index in [4.69, 9.17) is 4.74 Å². The van der Waals surface area contributed by atoms with Gasteiger partial charge in [0, 0.05) is 13.1 Å². The Labute approximate surface area is 124 Å². The lowest BCUT2D eigenvalue weighted by molar-refractivity contribution is 0.415. The fourth-order valence-electron chi connectivity index (χ4n) is 2.45. The molecule has 0 N–H and O–H groups in total. The number of nitrogens with zero attached hydrogens (tertiary/aromatic N) is 3. The summed E-state index contributed by atoms with van der Waals surface area (Å²) in [6.07, 6.45) is 3.56. The smallest absolute Gasteiger partial charge is 0.121 e. The molecular formula is C17H17N3O. The number of hydrogen-bond donors (Lipinski definition) is 0. The normalized spacial score (nSPS) is 13.3. The average Bonchev–Trinajstić information content (AvgIpc) is 2.78. The first-order chi connectivity index (χ1) is 10.2. The molecular weight excluding hydrogens is 262 g/mol. The Kier molecular flexibility index (Phi) is 3.14. The highest BCUT2D eigenvalue weighted by Crippen LogP contribution is 2.45. The van der Waals surface area contributed by atoms with Gasteiger partial charge in [-0.2, -0.15) is 0 Å². The number of methoxy groups -OCH3 is 1. The molecule has 0 atom stereocenters. The minimum atomic E-state index is 0.829. The van der Waals surface area contributed by atoms with Gasteiger partial charge in [0.05, 0.1) is 36.1 Å². The fraction of sp³-hybridized carbons (Fsp3) is 0.118. The lowest BCUT2D eigenvalue weighted by Crippen LogP contribution is -2.20. The molecule has 0 aliphatic carbocycles. The van der Waals surface area contributed by atoms with E-state index in [1.54, 1.807) is 13.2 Å². The first-order valence-electron chi connectivity index (χ1n) is 6.65. The Bertz CT molecular complexity index is 706. The van der Waals surface area contributed by atoms with Crippen molar-refractivity contribution in [2.75, 3.05) is 24.0 Å². The lowest BCUT2D eigenvalue weighted by Gasteiger charge is -2.21. The maximum absolute atomic E-state index is 5.30. The van der Waals surface area contributed by atoms with E-state index in [2.05, 4.69) is 23.0 Å². The second kappa shape index (κ2) is 4.98. The molecule has 1 aliphatic heterocycles. The van der Waals surface area contributed by atoms with Crippen molar-refractivity contribution < 1.29 is 4.74 Å². The summed E-state index contributed by atoms with van der Waals surface area (Å²) in [5.74, 6) is 1.71. The molecule has 0 bridgehead atoms. The molecule has 2 aromatic rings. The molecule has 0 radical (unpaired) electrons. The highest BCUT2D eigenvalue weighted by Gasteiger charge is 2.29. The summed E-state index contributed by atoms with van der Waals surface area (Å²) in [5, 5.41) is 0. The monoisotopic (exact) mass is 279 g/mol. The summed E-state index contributed by atoms with van der Waals surface area (Å²) in [4.78, 5) is 8.48. The third-order valence-corrected chi connectivity index (χ3v) is 3.67. The van der Waals surface area contributed by atoms with Crippen molar-refractivity contribution in [3.63, 3.8) is 0 Å². The van der Waals surface area contributed by atoms with Crippen LogP contribution in [-0.4, -0.2) is 19.1 Å². The van der Waals surface area contributed by atoms with Gasteiger partial charge in [-0.15, -0.1) is 0 Å². The molecule has 0 amide bonds. The van der Waals surface area contributed by atoms with E-state index in [0.717, 1.165) is 34.3 Å². The summed E-state index contributed by atoms with van der Waals surface area (Å²) in [5.41, 5.74) is 3.96. The molecule has 0 saturated heterocycles. The van der Waals surface area contributed by atoms with Crippen molar-refractivity contribution in [2.45, 2.75) is 0 Å². The van der Waals surface area contributed by atoms with Gasteiger partial charge in [0.25, 0.3) is 0 Å². The quantitative estimate of drug-likeness (QED) is 0.854. The third-order valence-electron chi connectivity index (χ3n) is 3.67. The Balaban J connectivity index is 2.08. The summed E-state index contributed by atoms with van der Waals surface area (Å²) >= 11 is 0. The molecule has 4 nitrogen and oxygen atoms in total. The van der Waals surface area contributed by atoms with Crippen LogP contribution < -0.4 is 14.5 Å². The van der Waals surface area contributed by atoms with Crippen LogP contribution in [0.15, 0.2) is 55.5 Å². The van der Waals surface area contributed by atoms with E-state index in [-0.39, 0.29) is 0 Å². The third kappa shape index (κ3) is 2.05. The van der Waals surface area contributed by atoms with E-state index >= 15 is 0 Å². The van der Waals surface area contributed by atoms with E-state index < -0.39 is 0 Å². The van der Waals surface area contributed by atoms with Gasteiger partial charge in [-0.1, -0.05) is 13.2 Å². The molecule has 1 aromatic carbocycles. The number of fused-ring (bicyclic) bond motifs is 1. The molecule has 21 heavy (non-hydrogen) atoms. The molecule has 3 rings (SSSR count). The van der Waals surface area contributed by atoms with Gasteiger partial charge in [-0.05, 0) is 30.3 Å². The first kappa shape index (κ1) is 13.2. The van der Waals surface area contributed by atoms with E-state index in [1.807, 2.05) is 48.5 Å². The van der Waals surface area contributed by atoms with Crippen LogP contribution in [0.1, 0.15) is 5.69 Å². The van der Waals surface area contributed by atoms with Gasteiger partial charge < -0.3 is 9.64 Å². The SMILES string of the molecule is C=Cc1ccc(N2C(=C)N(C)c3cc(OC)ccc32)cn1. The van der Waals surface area contributed by atoms with Gasteiger partial charge >= 0.3 is 0 Å². The van der Waals surface area contributed by atoms with Crippen molar-refractivity contribution in [2.24, 2.45) is 0 Å². The molecule has 0 spiro atoms. The predicted octanol–water partition coefficient (Wildman–Crippen LogP) is 3.79. The van der Waals surface area contributed by atoms with Gasteiger partial charge in [-0.25, -0.2) is 0 Å². The number of anilines is 3. The van der Waals surface area contributed by atoms with Gasteiger partial charge in [0.1, 0.15) is 11.6 Å². The van der Waals surface area contributed by atoms with Crippen LogP contribution in [0.5, 0.6) is 5.75 Å². The van der Waals surface area contributed by atoms with Crippen molar-refractivity contribution in [3.8, 4) is 5.75 Å². The standard InChI is InChI=1S/C17H17N3O/c1-5-13-6-7-14(11-18-13)20-12(2)19(3)17-10-15(21-4)8-9-16(17)20/h5-11H,1-2H2,3-4H3. The molecule has 1 aromatic heterocycles. The maximum Gasteiger partial charge on any atom is 0.121 e. The second-order valence-electron chi connectivity index (χ2n) is 4.81. The Morgan fingerprint density at radius 3 is 2.62 bits per heavy atom. The summed E-state index contributed by atoms with van der Waals surface area (Å²) in [6.45, 7) is 7.89. The number of pyridine rings is 1. The predicted molar refractivity (Wildman–Crippen MR) is 87.0 cm³/mol. The zero-order valence-electron chi connectivity index (χ0n) is 12.2. The molecule has 0 fully saturated rings. The number of hydrogen-bond acceptors (Lipinski definition) is 4. The van der Waals surface area contributed by atoms with Crippen LogP contribution in [0.3, 0.4) is 0 Å². The topological polar surface area (TPSA) is 28.6 Å². The first-order valence-corrected chi connectivity index (χ1v) is 6.65. The zero-order valence-corrected chi connectivity index (χ0v) is 12.2. The number of benzene rings is 1. The molecule has 0 saturated carbocycles. The lowest BCUT2D eigenvalue weighted by atomic mass is 10.2. The van der Waals surface area contributed by atoms with E-state index in [0.29, 0.717) is 0 Å². The van der Waals surface area contributed by atoms with Crippen molar-refractivity contribution in [1.29, 1.82) is 0 Å². The minimum Gasteiger partial charge on any atom is -0.497 e. The Morgan fingerprint density at radius 1 is 1.19 bits per heavy atom. The van der Waals surface area contributed by atoms with Gasteiger partial charge in [0.15, 0.2) is 0 Å². The molecule has 4 heteroatoms. The number of ether oxygens (including phenoxy) is 1. The van der Waals surface area contributed by atoms with Crippen LogP contribution in [-0.2, 0) is 0 Å². The van der Waals surface area contributed by atoms with E-state index in [9.17, 15) is 0 Å². The van der Waals surface area contributed by atoms with Crippen molar-refractivity contribution in [3.05, 3.63) is 61.2 Å². The summed E-state index contributed by atoms with van der Waals surface area (Å²) < 4.78 is 5.30. The van der Waals surface area contributed by atoms with Crippen molar-refractivity contribution in [1.82, 2.24) is 4.98 Å². The molecule has 0 unspecified atom stereocenters. The fourth-order valence-corrected chi connectivity index (χ4v) is 2.45. The van der Waals surface area contributed by atoms with E-state index in [1.165, 1.54) is 0 Å². The highest BCUT2D eigenvalue weighted by atomic mass is 16.5. The number of aromatic nitrogens is 1. The summed E-state index contributed by atoms with van der Waals surface area (Å²) in [7, 11) is 3.66. The highest BCUT2D eigenvalue weighted by molar-refractivity contribution is 5.88. The molecule has 2 heterocycles. The number of rotatable bonds is 3. The minimum absolute atomic E-state index is 0.829.